The number of ether oxygens (including phenoxy) is 2. The highest BCUT2D eigenvalue weighted by atomic mass is 79.9. The lowest BCUT2D eigenvalue weighted by Gasteiger charge is -2.15. The number of nitrogens with one attached hydrogen (secondary N) is 1. The average molecular weight is 634 g/mol. The summed E-state index contributed by atoms with van der Waals surface area (Å²) in [5, 5.41) is 1.08. The molecule has 10 heteroatoms. The number of hydrogen-bond donors (Lipinski definition) is 1. The second-order valence-corrected chi connectivity index (χ2v) is 10.7. The summed E-state index contributed by atoms with van der Waals surface area (Å²) in [6.07, 6.45) is 1.69. The van der Waals surface area contributed by atoms with E-state index in [1.165, 1.54) is 0 Å². The minimum Gasteiger partial charge on any atom is -0.493 e. The van der Waals surface area contributed by atoms with Crippen molar-refractivity contribution in [2.24, 2.45) is 0 Å². The van der Waals surface area contributed by atoms with E-state index in [9.17, 15) is 9.59 Å². The molecule has 0 spiro atoms. The molecule has 6 nitrogen and oxygen atoms in total. The molecule has 0 saturated carbocycles. The van der Waals surface area contributed by atoms with E-state index in [1.807, 2.05) is 36.4 Å². The molecule has 1 saturated heterocycles. The maximum absolute atomic E-state index is 13.0. The maximum atomic E-state index is 13.0. The summed E-state index contributed by atoms with van der Waals surface area (Å²) in [6.45, 7) is 0.381. The zero-order valence-electron chi connectivity index (χ0n) is 18.3. The highest BCUT2D eigenvalue weighted by Crippen LogP contribution is 2.39. The Bertz CT molecular complexity index is 1320. The molecule has 0 aromatic heterocycles. The minimum absolute atomic E-state index is 0.237. The molecule has 0 unspecified atom stereocenters. The van der Waals surface area contributed by atoms with Crippen molar-refractivity contribution in [3.05, 3.63) is 97.3 Å². The van der Waals surface area contributed by atoms with Crippen LogP contribution in [0.4, 0.5) is 0 Å². The van der Waals surface area contributed by atoms with Gasteiger partial charge in [0.2, 0.25) is 0 Å². The second-order valence-electron chi connectivity index (χ2n) is 7.27. The number of carbonyl (C=O) groups excluding carboxylic acids is 2. The molecule has 1 aliphatic heterocycles. The molecule has 3 aromatic carbocycles. The first-order valence-electron chi connectivity index (χ1n) is 10.2. The predicted molar refractivity (Wildman–Crippen MR) is 148 cm³/mol. The van der Waals surface area contributed by atoms with Gasteiger partial charge in [0.15, 0.2) is 15.8 Å². The topological polar surface area (TPSA) is 67.9 Å². The maximum Gasteiger partial charge on any atom is 0.285 e. The summed E-state index contributed by atoms with van der Waals surface area (Å²) in [6, 6.07) is 20.2. The Labute approximate surface area is 228 Å². The van der Waals surface area contributed by atoms with E-state index < -0.39 is 11.8 Å². The van der Waals surface area contributed by atoms with Crippen molar-refractivity contribution in [2.45, 2.75) is 6.61 Å². The van der Waals surface area contributed by atoms with Gasteiger partial charge in [-0.3, -0.25) is 15.0 Å². The largest absolute Gasteiger partial charge is 0.493 e. The summed E-state index contributed by atoms with van der Waals surface area (Å²) in [5.41, 5.74) is 4.72. The van der Waals surface area contributed by atoms with Crippen LogP contribution >= 0.6 is 55.8 Å². The zero-order valence-corrected chi connectivity index (χ0v) is 23.1. The number of benzene rings is 3. The third-order valence-corrected chi connectivity index (χ3v) is 7.31. The third kappa shape index (κ3) is 6.13. The van der Waals surface area contributed by atoms with Gasteiger partial charge in [-0.15, -0.1) is 0 Å². The minimum atomic E-state index is -0.431. The van der Waals surface area contributed by atoms with Crippen LogP contribution in [0, 0.1) is 0 Å². The van der Waals surface area contributed by atoms with Crippen molar-refractivity contribution in [2.75, 3.05) is 7.11 Å². The van der Waals surface area contributed by atoms with Crippen molar-refractivity contribution >= 4 is 78.1 Å². The number of rotatable bonds is 7. The molecule has 0 atom stereocenters. The Balaban J connectivity index is 1.51. The number of nitrogens with zero attached hydrogens (tertiary/aromatic N) is 1. The van der Waals surface area contributed by atoms with Crippen LogP contribution in [0.2, 0.25) is 0 Å². The van der Waals surface area contributed by atoms with Crippen molar-refractivity contribution in [1.82, 2.24) is 10.4 Å². The molecule has 178 valence electrons. The Morgan fingerprint density at radius 2 is 1.83 bits per heavy atom. The van der Waals surface area contributed by atoms with Gasteiger partial charge in [0.05, 0.1) is 16.5 Å². The van der Waals surface area contributed by atoms with Crippen LogP contribution in [0.1, 0.15) is 21.5 Å². The van der Waals surface area contributed by atoms with Crippen LogP contribution in [0.15, 0.2) is 80.6 Å². The zero-order chi connectivity index (χ0) is 24.9. The van der Waals surface area contributed by atoms with E-state index in [0.717, 1.165) is 26.8 Å². The highest BCUT2D eigenvalue weighted by Gasteiger charge is 2.34. The lowest BCUT2D eigenvalue weighted by atomic mass is 10.1. The van der Waals surface area contributed by atoms with Gasteiger partial charge < -0.3 is 9.47 Å². The summed E-state index contributed by atoms with van der Waals surface area (Å²) in [4.78, 5) is 25.9. The number of hydrazine groups is 1. The molecule has 1 aliphatic rings. The number of hydrogen-bond acceptors (Lipinski definition) is 6. The van der Waals surface area contributed by atoms with Crippen LogP contribution in [0.3, 0.4) is 0 Å². The quantitative estimate of drug-likeness (QED) is 0.242. The van der Waals surface area contributed by atoms with Crippen molar-refractivity contribution in [3.63, 3.8) is 0 Å². The molecule has 35 heavy (non-hydrogen) atoms. The summed E-state index contributed by atoms with van der Waals surface area (Å²) in [7, 11) is 1.55. The van der Waals surface area contributed by atoms with Crippen molar-refractivity contribution < 1.29 is 19.1 Å². The lowest BCUT2D eigenvalue weighted by Crippen LogP contribution is -2.44. The van der Waals surface area contributed by atoms with Crippen LogP contribution < -0.4 is 14.9 Å². The first kappa shape index (κ1) is 25.4. The van der Waals surface area contributed by atoms with Crippen molar-refractivity contribution in [3.8, 4) is 11.5 Å². The van der Waals surface area contributed by atoms with E-state index in [2.05, 4.69) is 37.3 Å². The molecule has 0 aliphatic carbocycles. The van der Waals surface area contributed by atoms with Crippen LogP contribution in [0.5, 0.6) is 11.5 Å². The van der Waals surface area contributed by atoms with Gasteiger partial charge in [-0.05, 0) is 81.7 Å². The SMILES string of the molecule is COc1cc(/C=C2\SC(=S)N(NC(=O)c3ccc(Br)cc3)C2=O)cc(Br)c1OCc1ccccc1. The predicted octanol–water partition coefficient (Wildman–Crippen LogP) is 6.35. The van der Waals surface area contributed by atoms with Crippen molar-refractivity contribution in [1.29, 1.82) is 0 Å². The number of carbonyl (C=O) groups is 2. The van der Waals surface area contributed by atoms with Gasteiger partial charge in [-0.25, -0.2) is 0 Å². The standard InChI is InChI=1S/C25H18Br2N2O4S2/c1-32-20-12-16(11-19(27)22(20)33-14-15-5-3-2-4-6-15)13-21-24(31)29(25(34)35-21)28-23(30)17-7-9-18(26)10-8-17/h2-13H,14H2,1H3,(H,28,30)/b21-13-. The summed E-state index contributed by atoms with van der Waals surface area (Å²) >= 11 is 13.3. The number of thioether (sulfide) groups is 1. The number of methoxy groups -OCH3 is 1. The van der Waals surface area contributed by atoms with Gasteiger partial charge in [0.25, 0.3) is 11.8 Å². The Morgan fingerprint density at radius 3 is 2.51 bits per heavy atom. The number of halogens is 2. The van der Waals surface area contributed by atoms with Gasteiger partial charge in [0, 0.05) is 10.0 Å². The summed E-state index contributed by atoms with van der Waals surface area (Å²) < 4.78 is 13.3. The Hall–Kier alpha value is -2.66. The fraction of sp³-hybridized carbons (Fsp3) is 0.0800. The Kier molecular flexibility index (Phi) is 8.27. The molecule has 0 bridgehead atoms. The molecule has 1 heterocycles. The van der Waals surface area contributed by atoms with Crippen LogP contribution in [-0.2, 0) is 11.4 Å². The molecule has 1 fully saturated rings. The van der Waals surface area contributed by atoms with E-state index >= 15 is 0 Å². The van der Waals surface area contributed by atoms with Gasteiger partial charge in [-0.2, -0.15) is 5.01 Å². The van der Waals surface area contributed by atoms with E-state index in [4.69, 9.17) is 21.7 Å². The monoisotopic (exact) mass is 632 g/mol. The molecule has 1 N–H and O–H groups in total. The van der Waals surface area contributed by atoms with E-state index in [-0.39, 0.29) is 4.32 Å². The molecular weight excluding hydrogens is 616 g/mol. The molecule has 4 rings (SSSR count). The number of thiocarbonyl (C=S) groups is 1. The highest BCUT2D eigenvalue weighted by molar-refractivity contribution is 9.10. The molecule has 0 radical (unpaired) electrons. The number of amides is 2. The van der Waals surface area contributed by atoms with E-state index in [1.54, 1.807) is 43.5 Å². The van der Waals surface area contributed by atoms with Gasteiger partial charge >= 0.3 is 0 Å². The Morgan fingerprint density at radius 1 is 1.11 bits per heavy atom. The lowest BCUT2D eigenvalue weighted by molar-refractivity contribution is -0.123. The molecule has 3 aromatic rings. The first-order chi connectivity index (χ1) is 16.9. The molecular formula is C25H18Br2N2O4S2. The third-order valence-electron chi connectivity index (χ3n) is 4.89. The first-order valence-corrected chi connectivity index (χ1v) is 13.1. The summed E-state index contributed by atoms with van der Waals surface area (Å²) in [5.74, 6) is 0.229. The smallest absolute Gasteiger partial charge is 0.285 e. The normalized spacial score (nSPS) is 14.4. The second kappa shape index (κ2) is 11.4. The van der Waals surface area contributed by atoms with Gasteiger partial charge in [-0.1, -0.05) is 58.0 Å². The molecule has 2 amide bonds. The fourth-order valence-corrected chi connectivity index (χ4v) is 5.19. The van der Waals surface area contributed by atoms with Crippen LogP contribution in [0.25, 0.3) is 6.08 Å². The average Bonchev–Trinajstić information content (AvgIpc) is 3.11. The van der Waals surface area contributed by atoms with Gasteiger partial charge in [0.1, 0.15) is 6.61 Å². The van der Waals surface area contributed by atoms with E-state index in [0.29, 0.717) is 38.6 Å². The van der Waals surface area contributed by atoms with Crippen LogP contribution in [-0.4, -0.2) is 28.3 Å². The fourth-order valence-electron chi connectivity index (χ4n) is 3.18.